The van der Waals surface area contributed by atoms with Gasteiger partial charge in [-0.1, -0.05) is 29.8 Å². The van der Waals surface area contributed by atoms with E-state index in [9.17, 15) is 9.59 Å². The molecule has 3 rings (SSSR count). The fourth-order valence-electron chi connectivity index (χ4n) is 3.32. The van der Waals surface area contributed by atoms with Crippen molar-refractivity contribution in [2.75, 3.05) is 13.1 Å². The molecule has 0 radical (unpaired) electrons. The Morgan fingerprint density at radius 3 is 2.50 bits per heavy atom. The van der Waals surface area contributed by atoms with E-state index in [1.807, 2.05) is 55.1 Å². The molecule has 1 aromatic carbocycles. The Morgan fingerprint density at radius 2 is 1.85 bits per heavy atom. The Labute approximate surface area is 154 Å². The minimum atomic E-state index is -0.255. The van der Waals surface area contributed by atoms with Crippen molar-refractivity contribution >= 4 is 11.8 Å². The second-order valence-corrected chi connectivity index (χ2v) is 6.87. The van der Waals surface area contributed by atoms with Crippen molar-refractivity contribution < 1.29 is 9.59 Å². The number of hydrogen-bond acceptors (Lipinski definition) is 3. The Balaban J connectivity index is 1.62. The van der Waals surface area contributed by atoms with Gasteiger partial charge in [0, 0.05) is 45.0 Å². The van der Waals surface area contributed by atoms with Crippen LogP contribution >= 0.6 is 0 Å². The van der Waals surface area contributed by atoms with Gasteiger partial charge in [-0.25, -0.2) is 0 Å². The van der Waals surface area contributed by atoms with Crippen LogP contribution in [0.25, 0.3) is 0 Å². The third-order valence-electron chi connectivity index (χ3n) is 4.87. The average molecular weight is 351 g/mol. The predicted octanol–water partition coefficient (Wildman–Crippen LogP) is 2.79. The van der Waals surface area contributed by atoms with Crippen molar-refractivity contribution in [3.8, 4) is 0 Å². The number of benzene rings is 1. The second-order valence-electron chi connectivity index (χ2n) is 6.87. The van der Waals surface area contributed by atoms with Gasteiger partial charge >= 0.3 is 0 Å². The number of rotatable bonds is 6. The van der Waals surface area contributed by atoms with Gasteiger partial charge in [0.15, 0.2) is 0 Å². The van der Waals surface area contributed by atoms with Gasteiger partial charge < -0.3 is 9.80 Å². The third-order valence-corrected chi connectivity index (χ3v) is 4.87. The third kappa shape index (κ3) is 4.28. The number of aromatic nitrogens is 1. The molecule has 1 fully saturated rings. The highest BCUT2D eigenvalue weighted by molar-refractivity contribution is 5.89. The first-order valence-corrected chi connectivity index (χ1v) is 9.08. The van der Waals surface area contributed by atoms with Crippen LogP contribution in [-0.2, 0) is 22.7 Å². The zero-order valence-corrected chi connectivity index (χ0v) is 15.4. The molecule has 0 N–H and O–H groups in total. The molecule has 0 bridgehead atoms. The fraction of sp³-hybridized carbons (Fsp3) is 0.381. The summed E-state index contributed by atoms with van der Waals surface area (Å²) < 4.78 is 0. The van der Waals surface area contributed by atoms with E-state index in [1.54, 1.807) is 17.3 Å². The topological polar surface area (TPSA) is 53.5 Å². The van der Waals surface area contributed by atoms with Gasteiger partial charge in [0.05, 0.1) is 5.92 Å². The zero-order valence-electron chi connectivity index (χ0n) is 15.4. The molecule has 1 aliphatic heterocycles. The molecule has 1 aliphatic rings. The lowest BCUT2D eigenvalue weighted by Gasteiger charge is -2.24. The van der Waals surface area contributed by atoms with Crippen LogP contribution < -0.4 is 0 Å². The van der Waals surface area contributed by atoms with Crippen molar-refractivity contribution in [2.24, 2.45) is 5.92 Å². The maximum Gasteiger partial charge on any atom is 0.228 e. The normalized spacial score (nSPS) is 16.8. The van der Waals surface area contributed by atoms with Crippen LogP contribution in [0.4, 0.5) is 0 Å². The Hall–Kier alpha value is -2.69. The SMILES string of the molecule is CCN(Cc1ccncc1)C(=O)[C@@H]1CC(=O)N(Cc2ccc(C)cc2)C1. The Kier molecular flexibility index (Phi) is 5.66. The molecule has 2 amide bonds. The van der Waals surface area contributed by atoms with E-state index in [-0.39, 0.29) is 17.7 Å². The summed E-state index contributed by atoms with van der Waals surface area (Å²) in [5.41, 5.74) is 3.35. The lowest BCUT2D eigenvalue weighted by atomic mass is 10.1. The average Bonchev–Trinajstić information content (AvgIpc) is 3.02. The van der Waals surface area contributed by atoms with E-state index in [0.717, 1.165) is 11.1 Å². The highest BCUT2D eigenvalue weighted by Crippen LogP contribution is 2.23. The summed E-state index contributed by atoms with van der Waals surface area (Å²) >= 11 is 0. The van der Waals surface area contributed by atoms with Gasteiger partial charge in [-0.15, -0.1) is 0 Å². The molecular weight excluding hydrogens is 326 g/mol. The lowest BCUT2D eigenvalue weighted by Crippen LogP contribution is -2.36. The summed E-state index contributed by atoms with van der Waals surface area (Å²) in [6.07, 6.45) is 3.77. The van der Waals surface area contributed by atoms with Crippen LogP contribution in [0.15, 0.2) is 48.8 Å². The maximum atomic E-state index is 12.9. The summed E-state index contributed by atoms with van der Waals surface area (Å²) in [6.45, 7) is 6.27. The summed E-state index contributed by atoms with van der Waals surface area (Å²) in [6, 6.07) is 12.0. The monoisotopic (exact) mass is 351 g/mol. The van der Waals surface area contributed by atoms with Gasteiger partial charge in [-0.05, 0) is 37.1 Å². The molecule has 1 atom stereocenters. The fourth-order valence-corrected chi connectivity index (χ4v) is 3.32. The number of amides is 2. The molecule has 0 spiro atoms. The van der Waals surface area contributed by atoms with E-state index < -0.39 is 0 Å². The number of hydrogen-bond donors (Lipinski definition) is 0. The molecule has 1 aromatic heterocycles. The van der Waals surface area contributed by atoms with Crippen LogP contribution in [0.3, 0.4) is 0 Å². The van der Waals surface area contributed by atoms with Crippen molar-refractivity contribution in [3.63, 3.8) is 0 Å². The molecule has 2 aromatic rings. The van der Waals surface area contributed by atoms with Gasteiger partial charge in [-0.3, -0.25) is 14.6 Å². The highest BCUT2D eigenvalue weighted by atomic mass is 16.2. The van der Waals surface area contributed by atoms with Crippen molar-refractivity contribution in [2.45, 2.75) is 33.4 Å². The minimum Gasteiger partial charge on any atom is -0.338 e. The molecular formula is C21H25N3O2. The molecule has 0 unspecified atom stereocenters. The van der Waals surface area contributed by atoms with E-state index in [1.165, 1.54) is 5.56 Å². The standard InChI is InChI=1S/C21H25N3O2/c1-3-23(13-18-8-10-22-11-9-18)21(26)19-12-20(25)24(15-19)14-17-6-4-16(2)5-7-17/h4-11,19H,3,12-15H2,1-2H3/t19-/m1/s1. The number of likely N-dealkylation sites (tertiary alicyclic amines) is 1. The van der Waals surface area contributed by atoms with Gasteiger partial charge in [0.2, 0.25) is 11.8 Å². The molecule has 5 heteroatoms. The number of carbonyl (C=O) groups excluding carboxylic acids is 2. The summed E-state index contributed by atoms with van der Waals surface area (Å²) in [7, 11) is 0. The maximum absolute atomic E-state index is 12.9. The number of carbonyl (C=O) groups is 2. The van der Waals surface area contributed by atoms with Gasteiger partial charge in [-0.2, -0.15) is 0 Å². The highest BCUT2D eigenvalue weighted by Gasteiger charge is 2.36. The van der Waals surface area contributed by atoms with Crippen LogP contribution in [0.5, 0.6) is 0 Å². The molecule has 1 saturated heterocycles. The number of aryl methyl sites for hydroxylation is 1. The lowest BCUT2D eigenvalue weighted by molar-refractivity contribution is -0.136. The van der Waals surface area contributed by atoms with Gasteiger partial charge in [0.25, 0.3) is 0 Å². The largest absolute Gasteiger partial charge is 0.338 e. The minimum absolute atomic E-state index is 0.0592. The molecule has 0 aliphatic carbocycles. The van der Waals surface area contributed by atoms with Crippen LogP contribution in [-0.4, -0.2) is 39.7 Å². The molecule has 5 nitrogen and oxygen atoms in total. The van der Waals surface area contributed by atoms with Crippen LogP contribution in [0, 0.1) is 12.8 Å². The van der Waals surface area contributed by atoms with E-state index in [4.69, 9.17) is 0 Å². The number of nitrogens with zero attached hydrogens (tertiary/aromatic N) is 3. The summed E-state index contributed by atoms with van der Waals surface area (Å²) in [4.78, 5) is 32.9. The quantitative estimate of drug-likeness (QED) is 0.804. The van der Waals surface area contributed by atoms with Crippen LogP contribution in [0.2, 0.25) is 0 Å². The second kappa shape index (κ2) is 8.13. The number of pyridine rings is 1. The molecule has 0 saturated carbocycles. The van der Waals surface area contributed by atoms with E-state index >= 15 is 0 Å². The first-order chi connectivity index (χ1) is 12.6. The first kappa shape index (κ1) is 18.1. The molecule has 26 heavy (non-hydrogen) atoms. The van der Waals surface area contributed by atoms with Crippen molar-refractivity contribution in [3.05, 3.63) is 65.5 Å². The van der Waals surface area contributed by atoms with E-state index in [2.05, 4.69) is 4.98 Å². The summed E-state index contributed by atoms with van der Waals surface area (Å²) in [5, 5.41) is 0. The van der Waals surface area contributed by atoms with Crippen LogP contribution in [0.1, 0.15) is 30.0 Å². The predicted molar refractivity (Wildman–Crippen MR) is 100 cm³/mol. The molecule has 136 valence electrons. The molecule has 2 heterocycles. The summed E-state index contributed by atoms with van der Waals surface area (Å²) in [5.74, 6) is -0.136. The van der Waals surface area contributed by atoms with Crippen molar-refractivity contribution in [1.82, 2.24) is 14.8 Å². The van der Waals surface area contributed by atoms with Crippen molar-refractivity contribution in [1.29, 1.82) is 0 Å². The Morgan fingerprint density at radius 1 is 1.15 bits per heavy atom. The van der Waals surface area contributed by atoms with E-state index in [0.29, 0.717) is 32.6 Å². The van der Waals surface area contributed by atoms with Gasteiger partial charge in [0.1, 0.15) is 0 Å². The Bertz CT molecular complexity index is 759. The first-order valence-electron chi connectivity index (χ1n) is 9.08. The zero-order chi connectivity index (χ0) is 18.5. The smallest absolute Gasteiger partial charge is 0.228 e.